The van der Waals surface area contributed by atoms with E-state index in [1.807, 2.05) is 0 Å². The molecule has 10 heteroatoms. The predicted octanol–water partition coefficient (Wildman–Crippen LogP) is -0.614. The van der Waals surface area contributed by atoms with Crippen LogP contribution in [0, 0.1) is 5.82 Å². The molecule has 144 valence electrons. The number of aliphatic hydroxyl groups is 2. The van der Waals surface area contributed by atoms with Crippen LogP contribution in [0.1, 0.15) is 5.56 Å². The van der Waals surface area contributed by atoms with E-state index in [0.29, 0.717) is 0 Å². The first kappa shape index (κ1) is 18.8. The molecule has 0 amide bonds. The van der Waals surface area contributed by atoms with E-state index < -0.39 is 24.0 Å². The Morgan fingerprint density at radius 2 is 1.85 bits per heavy atom. The summed E-state index contributed by atoms with van der Waals surface area (Å²) >= 11 is 0. The van der Waals surface area contributed by atoms with Gasteiger partial charge in [-0.1, -0.05) is 12.1 Å². The molecule has 0 aliphatic carbocycles. The highest BCUT2D eigenvalue weighted by atomic mass is 19.1. The van der Waals surface area contributed by atoms with Gasteiger partial charge in [-0.05, 0) is 17.7 Å². The van der Waals surface area contributed by atoms with Gasteiger partial charge in [0, 0.05) is 20.6 Å². The number of anilines is 1. The molecule has 3 rings (SSSR count). The second kappa shape index (κ2) is 7.33. The maximum atomic E-state index is 13.2. The number of aromatic nitrogens is 4. The zero-order valence-electron chi connectivity index (χ0n) is 14.9. The molecule has 0 aliphatic rings. The molecule has 9 nitrogen and oxygen atoms in total. The van der Waals surface area contributed by atoms with Crippen LogP contribution in [-0.4, -0.2) is 48.2 Å². The highest BCUT2D eigenvalue weighted by Gasteiger charge is 2.19. The fourth-order valence-corrected chi connectivity index (χ4v) is 2.78. The van der Waals surface area contributed by atoms with Crippen LogP contribution in [0.4, 0.5) is 10.3 Å². The summed E-state index contributed by atoms with van der Waals surface area (Å²) in [6.07, 6.45) is -1.02. The van der Waals surface area contributed by atoms with Gasteiger partial charge in [-0.3, -0.25) is 18.5 Å². The van der Waals surface area contributed by atoms with Crippen LogP contribution in [0.3, 0.4) is 0 Å². The number of rotatable bonds is 6. The SMILES string of the molecule is Cn1c(=O)c2c(nc(NCC(O)CO)n2Cc2ccc(F)cc2)n(C)c1=O. The lowest BCUT2D eigenvalue weighted by Crippen LogP contribution is -2.37. The molecule has 0 fully saturated rings. The monoisotopic (exact) mass is 377 g/mol. The lowest BCUT2D eigenvalue weighted by molar-refractivity contribution is 0.105. The summed E-state index contributed by atoms with van der Waals surface area (Å²) in [5, 5.41) is 21.5. The first-order chi connectivity index (χ1) is 12.8. The molecular weight excluding hydrogens is 357 g/mol. The zero-order chi connectivity index (χ0) is 19.7. The molecule has 0 spiro atoms. The minimum atomic E-state index is -1.02. The largest absolute Gasteiger partial charge is 0.394 e. The predicted molar refractivity (Wildman–Crippen MR) is 97.3 cm³/mol. The van der Waals surface area contributed by atoms with Crippen molar-refractivity contribution in [3.8, 4) is 0 Å². The summed E-state index contributed by atoms with van der Waals surface area (Å²) in [7, 11) is 2.88. The second-order valence-electron chi connectivity index (χ2n) is 6.24. The number of fused-ring (bicyclic) bond motifs is 1. The summed E-state index contributed by atoms with van der Waals surface area (Å²) in [4.78, 5) is 29.2. The summed E-state index contributed by atoms with van der Waals surface area (Å²) < 4.78 is 17.0. The van der Waals surface area contributed by atoms with Gasteiger partial charge >= 0.3 is 5.69 Å². The topological polar surface area (TPSA) is 114 Å². The Morgan fingerprint density at radius 3 is 2.48 bits per heavy atom. The number of nitrogens with zero attached hydrogens (tertiary/aromatic N) is 4. The van der Waals surface area contributed by atoms with Crippen molar-refractivity contribution in [1.82, 2.24) is 18.7 Å². The molecule has 0 saturated carbocycles. The average molecular weight is 377 g/mol. The van der Waals surface area contributed by atoms with E-state index in [0.717, 1.165) is 10.1 Å². The number of aryl methyl sites for hydroxylation is 1. The van der Waals surface area contributed by atoms with Crippen molar-refractivity contribution in [1.29, 1.82) is 0 Å². The fourth-order valence-electron chi connectivity index (χ4n) is 2.78. The Morgan fingerprint density at radius 1 is 1.19 bits per heavy atom. The molecule has 0 radical (unpaired) electrons. The van der Waals surface area contributed by atoms with Crippen molar-refractivity contribution < 1.29 is 14.6 Å². The van der Waals surface area contributed by atoms with E-state index in [-0.39, 0.29) is 36.0 Å². The number of nitrogens with one attached hydrogen (secondary N) is 1. The normalized spacial score (nSPS) is 12.5. The van der Waals surface area contributed by atoms with Gasteiger partial charge in [-0.2, -0.15) is 4.98 Å². The number of benzene rings is 1. The third-order valence-corrected chi connectivity index (χ3v) is 4.31. The van der Waals surface area contributed by atoms with Crippen molar-refractivity contribution >= 4 is 17.1 Å². The maximum Gasteiger partial charge on any atom is 0.332 e. The molecule has 1 atom stereocenters. The highest BCUT2D eigenvalue weighted by molar-refractivity contribution is 5.74. The third-order valence-electron chi connectivity index (χ3n) is 4.31. The minimum Gasteiger partial charge on any atom is -0.394 e. The first-order valence-electron chi connectivity index (χ1n) is 8.27. The lowest BCUT2D eigenvalue weighted by Gasteiger charge is -2.13. The average Bonchev–Trinajstić information content (AvgIpc) is 3.02. The molecule has 0 bridgehead atoms. The smallest absolute Gasteiger partial charge is 0.332 e. The van der Waals surface area contributed by atoms with Crippen LogP contribution in [0.5, 0.6) is 0 Å². The van der Waals surface area contributed by atoms with Gasteiger partial charge in [0.25, 0.3) is 5.56 Å². The van der Waals surface area contributed by atoms with Gasteiger partial charge in [0.05, 0.1) is 19.3 Å². The van der Waals surface area contributed by atoms with Crippen LogP contribution >= 0.6 is 0 Å². The van der Waals surface area contributed by atoms with Gasteiger partial charge in [0.15, 0.2) is 11.2 Å². The van der Waals surface area contributed by atoms with Gasteiger partial charge in [0.1, 0.15) is 5.82 Å². The summed E-state index contributed by atoms with van der Waals surface area (Å²) in [6, 6.07) is 5.79. The number of aliphatic hydroxyl groups excluding tert-OH is 2. The van der Waals surface area contributed by atoms with Crippen LogP contribution in [0.2, 0.25) is 0 Å². The van der Waals surface area contributed by atoms with E-state index in [9.17, 15) is 19.1 Å². The van der Waals surface area contributed by atoms with Crippen molar-refractivity contribution in [2.75, 3.05) is 18.5 Å². The van der Waals surface area contributed by atoms with Crippen LogP contribution in [-0.2, 0) is 20.6 Å². The Balaban J connectivity index is 2.18. The van der Waals surface area contributed by atoms with Gasteiger partial charge in [0.2, 0.25) is 5.95 Å². The van der Waals surface area contributed by atoms with E-state index in [4.69, 9.17) is 5.11 Å². The van der Waals surface area contributed by atoms with Gasteiger partial charge in [-0.15, -0.1) is 0 Å². The van der Waals surface area contributed by atoms with Crippen molar-refractivity contribution in [3.05, 3.63) is 56.5 Å². The number of hydrogen-bond donors (Lipinski definition) is 3. The number of hydrogen-bond acceptors (Lipinski definition) is 6. The molecule has 1 aromatic carbocycles. The maximum absolute atomic E-state index is 13.2. The Hall–Kier alpha value is -2.98. The zero-order valence-corrected chi connectivity index (χ0v) is 14.9. The van der Waals surface area contributed by atoms with Crippen LogP contribution in [0.15, 0.2) is 33.9 Å². The van der Waals surface area contributed by atoms with Crippen LogP contribution < -0.4 is 16.6 Å². The fraction of sp³-hybridized carbons (Fsp3) is 0.353. The Bertz CT molecular complexity index is 1080. The summed E-state index contributed by atoms with van der Waals surface area (Å²) in [5.41, 5.74) is 0.0767. The van der Waals surface area contributed by atoms with Crippen molar-refractivity contribution in [3.63, 3.8) is 0 Å². The molecule has 27 heavy (non-hydrogen) atoms. The molecule has 1 unspecified atom stereocenters. The number of imidazole rings is 1. The quantitative estimate of drug-likeness (QED) is 0.528. The van der Waals surface area contributed by atoms with E-state index in [1.165, 1.54) is 30.8 Å². The minimum absolute atomic E-state index is 0.00248. The van der Waals surface area contributed by atoms with Crippen molar-refractivity contribution in [2.45, 2.75) is 12.6 Å². The standard InChI is InChI=1S/C17H20FN5O4/c1-21-14-13(15(26)22(2)17(21)27)23(8-10-3-5-11(18)6-4-10)16(20-14)19-7-12(25)9-24/h3-6,12,24-25H,7-9H2,1-2H3,(H,19,20). The van der Waals surface area contributed by atoms with Crippen LogP contribution in [0.25, 0.3) is 11.2 Å². The third kappa shape index (κ3) is 3.49. The van der Waals surface area contributed by atoms with Crippen molar-refractivity contribution in [2.24, 2.45) is 14.1 Å². The molecule has 2 aromatic heterocycles. The molecule has 2 heterocycles. The van der Waals surface area contributed by atoms with Gasteiger partial charge < -0.3 is 15.5 Å². The van der Waals surface area contributed by atoms with Gasteiger partial charge in [-0.25, -0.2) is 9.18 Å². The molecule has 0 aliphatic heterocycles. The highest BCUT2D eigenvalue weighted by Crippen LogP contribution is 2.18. The molecular formula is C17H20FN5O4. The first-order valence-corrected chi connectivity index (χ1v) is 8.27. The number of halogens is 1. The lowest BCUT2D eigenvalue weighted by atomic mass is 10.2. The second-order valence-corrected chi connectivity index (χ2v) is 6.24. The molecule has 3 aromatic rings. The summed E-state index contributed by atoms with van der Waals surface area (Å²) in [5.74, 6) is -0.128. The summed E-state index contributed by atoms with van der Waals surface area (Å²) in [6.45, 7) is -0.245. The Kier molecular flexibility index (Phi) is 5.10. The molecule has 0 saturated heterocycles. The Labute approximate surface area is 152 Å². The van der Waals surface area contributed by atoms with E-state index >= 15 is 0 Å². The molecule has 3 N–H and O–H groups in total. The van der Waals surface area contributed by atoms with E-state index in [2.05, 4.69) is 10.3 Å². The van der Waals surface area contributed by atoms with E-state index in [1.54, 1.807) is 16.7 Å².